The molecule has 0 saturated carbocycles. The smallest absolute Gasteiger partial charge is 0.340 e. The van der Waals surface area contributed by atoms with Crippen LogP contribution in [0.1, 0.15) is 34.6 Å². The standard InChI is InChI=1S/C14H16N2O3S/c1-8(10-4-6-11(19-3)7-5-10)15-13-12(14(17)18)9(2)16-20-13/h4-8,15H,1-3H3,(H,17,18). The number of aryl methyl sites for hydroxylation is 1. The third-order valence-electron chi connectivity index (χ3n) is 3.04. The van der Waals surface area contributed by atoms with Gasteiger partial charge in [-0.05, 0) is 43.1 Å². The molecule has 2 N–H and O–H groups in total. The highest BCUT2D eigenvalue weighted by Crippen LogP contribution is 2.29. The quantitative estimate of drug-likeness (QED) is 0.884. The first-order valence-corrected chi connectivity index (χ1v) is 6.90. The Hall–Kier alpha value is -2.08. The van der Waals surface area contributed by atoms with E-state index in [1.165, 1.54) is 11.5 Å². The van der Waals surface area contributed by atoms with Crippen LogP contribution < -0.4 is 10.1 Å². The van der Waals surface area contributed by atoms with Crippen LogP contribution in [-0.4, -0.2) is 22.6 Å². The minimum Gasteiger partial charge on any atom is -0.497 e. The Morgan fingerprint density at radius 2 is 2.05 bits per heavy atom. The zero-order valence-electron chi connectivity index (χ0n) is 11.5. The van der Waals surface area contributed by atoms with Crippen LogP contribution in [0.5, 0.6) is 5.75 Å². The topological polar surface area (TPSA) is 71.5 Å². The average Bonchev–Trinajstić information content (AvgIpc) is 2.79. The number of rotatable bonds is 5. The number of carbonyl (C=O) groups is 1. The van der Waals surface area contributed by atoms with Crippen LogP contribution in [0.15, 0.2) is 24.3 Å². The molecule has 1 unspecified atom stereocenters. The molecular weight excluding hydrogens is 276 g/mol. The summed E-state index contributed by atoms with van der Waals surface area (Å²) in [5, 5.41) is 13.0. The molecule has 1 aromatic heterocycles. The van der Waals surface area contributed by atoms with Gasteiger partial charge in [-0.1, -0.05) is 12.1 Å². The summed E-state index contributed by atoms with van der Waals surface area (Å²) >= 11 is 1.17. The Morgan fingerprint density at radius 3 is 2.60 bits per heavy atom. The molecule has 1 heterocycles. The predicted octanol–water partition coefficient (Wildman–Crippen LogP) is 3.33. The summed E-state index contributed by atoms with van der Waals surface area (Å²) in [7, 11) is 1.62. The molecule has 2 rings (SSSR count). The molecule has 0 aliphatic heterocycles. The van der Waals surface area contributed by atoms with Gasteiger partial charge in [0.25, 0.3) is 0 Å². The lowest BCUT2D eigenvalue weighted by Crippen LogP contribution is -2.09. The van der Waals surface area contributed by atoms with Crippen molar-refractivity contribution in [1.29, 1.82) is 0 Å². The molecular formula is C14H16N2O3S. The van der Waals surface area contributed by atoms with Crippen LogP contribution in [0.2, 0.25) is 0 Å². The number of hydrogen-bond donors (Lipinski definition) is 2. The maximum absolute atomic E-state index is 11.2. The van der Waals surface area contributed by atoms with Crippen molar-refractivity contribution in [2.75, 3.05) is 12.4 Å². The first kappa shape index (κ1) is 14.3. The van der Waals surface area contributed by atoms with Gasteiger partial charge in [0.1, 0.15) is 16.3 Å². The van der Waals surface area contributed by atoms with Gasteiger partial charge in [-0.15, -0.1) is 0 Å². The van der Waals surface area contributed by atoms with Gasteiger partial charge in [0.2, 0.25) is 0 Å². The lowest BCUT2D eigenvalue weighted by molar-refractivity contribution is 0.0697. The SMILES string of the molecule is COc1ccc(C(C)Nc2snc(C)c2C(=O)O)cc1. The van der Waals surface area contributed by atoms with Crippen LogP contribution in [0.4, 0.5) is 5.00 Å². The molecule has 1 atom stereocenters. The first-order valence-electron chi connectivity index (χ1n) is 6.13. The highest BCUT2D eigenvalue weighted by molar-refractivity contribution is 7.10. The normalized spacial score (nSPS) is 11.9. The van der Waals surface area contributed by atoms with Crippen molar-refractivity contribution < 1.29 is 14.6 Å². The second-order valence-corrected chi connectivity index (χ2v) is 5.19. The Labute approximate surface area is 121 Å². The van der Waals surface area contributed by atoms with E-state index in [4.69, 9.17) is 4.74 Å². The summed E-state index contributed by atoms with van der Waals surface area (Å²) < 4.78 is 9.21. The molecule has 106 valence electrons. The van der Waals surface area contributed by atoms with Gasteiger partial charge in [0, 0.05) is 6.04 Å². The molecule has 0 radical (unpaired) electrons. The maximum atomic E-state index is 11.2. The van der Waals surface area contributed by atoms with Crippen LogP contribution in [0, 0.1) is 6.92 Å². The van der Waals surface area contributed by atoms with Gasteiger partial charge in [0.05, 0.1) is 12.8 Å². The summed E-state index contributed by atoms with van der Waals surface area (Å²) in [5.41, 5.74) is 1.83. The summed E-state index contributed by atoms with van der Waals surface area (Å²) in [4.78, 5) is 11.2. The number of nitrogens with zero attached hydrogens (tertiary/aromatic N) is 1. The van der Waals surface area contributed by atoms with Gasteiger partial charge in [0.15, 0.2) is 0 Å². The van der Waals surface area contributed by atoms with Gasteiger partial charge in [-0.2, -0.15) is 4.37 Å². The van der Waals surface area contributed by atoms with Crippen molar-refractivity contribution >= 4 is 22.5 Å². The molecule has 20 heavy (non-hydrogen) atoms. The highest BCUT2D eigenvalue weighted by atomic mass is 32.1. The van der Waals surface area contributed by atoms with Crippen molar-refractivity contribution in [2.45, 2.75) is 19.9 Å². The molecule has 0 amide bonds. The molecule has 1 aromatic carbocycles. The number of anilines is 1. The van der Waals surface area contributed by atoms with Crippen LogP contribution in [0.25, 0.3) is 0 Å². The largest absolute Gasteiger partial charge is 0.497 e. The second kappa shape index (κ2) is 5.92. The Kier molecular flexibility index (Phi) is 4.24. The van der Waals surface area contributed by atoms with Crippen LogP contribution in [-0.2, 0) is 0 Å². The predicted molar refractivity (Wildman–Crippen MR) is 78.8 cm³/mol. The van der Waals surface area contributed by atoms with Crippen molar-refractivity contribution in [2.24, 2.45) is 0 Å². The van der Waals surface area contributed by atoms with Gasteiger partial charge < -0.3 is 15.2 Å². The minimum atomic E-state index is -0.958. The molecule has 5 nitrogen and oxygen atoms in total. The fourth-order valence-electron chi connectivity index (χ4n) is 1.89. The van der Waals surface area contributed by atoms with Crippen molar-refractivity contribution in [3.8, 4) is 5.75 Å². The van der Waals surface area contributed by atoms with Crippen LogP contribution in [0.3, 0.4) is 0 Å². The van der Waals surface area contributed by atoms with E-state index in [-0.39, 0.29) is 11.6 Å². The number of nitrogens with one attached hydrogen (secondary N) is 1. The molecule has 6 heteroatoms. The number of aromatic nitrogens is 1. The number of carboxylic acids is 1. The first-order chi connectivity index (χ1) is 9.52. The fraction of sp³-hybridized carbons (Fsp3) is 0.286. The van der Waals surface area contributed by atoms with E-state index in [2.05, 4.69) is 9.69 Å². The summed E-state index contributed by atoms with van der Waals surface area (Å²) in [6.07, 6.45) is 0. The number of hydrogen-bond acceptors (Lipinski definition) is 5. The summed E-state index contributed by atoms with van der Waals surface area (Å²) in [6, 6.07) is 7.64. The fourth-order valence-corrected chi connectivity index (χ4v) is 2.77. The van der Waals surface area contributed by atoms with E-state index in [1.54, 1.807) is 14.0 Å². The van der Waals surface area contributed by atoms with Gasteiger partial charge >= 0.3 is 5.97 Å². The summed E-state index contributed by atoms with van der Waals surface area (Å²) in [5.74, 6) is -0.165. The zero-order valence-corrected chi connectivity index (χ0v) is 12.3. The number of benzene rings is 1. The lowest BCUT2D eigenvalue weighted by Gasteiger charge is -2.15. The maximum Gasteiger partial charge on any atom is 0.340 e. The van der Waals surface area contributed by atoms with Gasteiger partial charge in [-0.25, -0.2) is 4.79 Å². The molecule has 2 aromatic rings. The van der Waals surface area contributed by atoms with E-state index in [0.717, 1.165) is 11.3 Å². The van der Waals surface area contributed by atoms with E-state index >= 15 is 0 Å². The molecule has 0 aliphatic rings. The number of ether oxygens (including phenoxy) is 1. The Bertz CT molecular complexity index is 607. The van der Waals surface area contributed by atoms with E-state index in [9.17, 15) is 9.90 Å². The molecule has 0 spiro atoms. The Morgan fingerprint density at radius 1 is 1.40 bits per heavy atom. The van der Waals surface area contributed by atoms with Crippen molar-refractivity contribution in [3.63, 3.8) is 0 Å². The zero-order chi connectivity index (χ0) is 14.7. The number of carboxylic acid groups (broad SMARTS) is 1. The van der Waals surface area contributed by atoms with Crippen LogP contribution >= 0.6 is 11.5 Å². The second-order valence-electron chi connectivity index (χ2n) is 4.42. The number of aromatic carboxylic acids is 1. The molecule has 0 aliphatic carbocycles. The van der Waals surface area contributed by atoms with E-state index in [1.807, 2.05) is 31.2 Å². The van der Waals surface area contributed by atoms with Gasteiger partial charge in [-0.3, -0.25) is 0 Å². The summed E-state index contributed by atoms with van der Waals surface area (Å²) in [6.45, 7) is 3.67. The third kappa shape index (κ3) is 2.91. The highest BCUT2D eigenvalue weighted by Gasteiger charge is 2.19. The Balaban J connectivity index is 2.18. The molecule has 0 saturated heterocycles. The number of methoxy groups -OCH3 is 1. The molecule has 0 bridgehead atoms. The van der Waals surface area contributed by atoms with Crippen molar-refractivity contribution in [3.05, 3.63) is 41.1 Å². The van der Waals surface area contributed by atoms with Crippen molar-refractivity contribution in [1.82, 2.24) is 4.37 Å². The lowest BCUT2D eigenvalue weighted by atomic mass is 10.1. The monoisotopic (exact) mass is 292 g/mol. The van der Waals surface area contributed by atoms with E-state index < -0.39 is 5.97 Å². The van der Waals surface area contributed by atoms with E-state index in [0.29, 0.717) is 10.7 Å². The molecule has 0 fully saturated rings. The third-order valence-corrected chi connectivity index (χ3v) is 3.91. The average molecular weight is 292 g/mol. The minimum absolute atomic E-state index is 0.0149.